The van der Waals surface area contributed by atoms with E-state index < -0.39 is 5.97 Å². The van der Waals surface area contributed by atoms with E-state index in [1.807, 2.05) is 19.3 Å². The summed E-state index contributed by atoms with van der Waals surface area (Å²) >= 11 is 0. The Hall–Kier alpha value is -2.37. The summed E-state index contributed by atoms with van der Waals surface area (Å²) in [6.07, 6.45) is 4.13. The van der Waals surface area contributed by atoms with Crippen LogP contribution in [0.2, 0.25) is 0 Å². The van der Waals surface area contributed by atoms with Crippen molar-refractivity contribution < 1.29 is 9.90 Å². The fourth-order valence-corrected chi connectivity index (χ4v) is 1.58. The Morgan fingerprint density at radius 2 is 2.33 bits per heavy atom. The van der Waals surface area contributed by atoms with Crippen LogP contribution in [0, 0.1) is 0 Å². The van der Waals surface area contributed by atoms with E-state index in [0.717, 1.165) is 12.1 Å². The van der Waals surface area contributed by atoms with Crippen LogP contribution >= 0.6 is 0 Å². The predicted molar refractivity (Wildman–Crippen MR) is 66.6 cm³/mol. The zero-order valence-electron chi connectivity index (χ0n) is 10.00. The second-order valence-corrected chi connectivity index (χ2v) is 3.89. The molecule has 6 nitrogen and oxygen atoms in total. The smallest absolute Gasteiger partial charge is 0.335 e. The van der Waals surface area contributed by atoms with E-state index in [1.54, 1.807) is 4.68 Å². The van der Waals surface area contributed by atoms with Crippen LogP contribution in [0.1, 0.15) is 16.1 Å². The number of carboxylic acids is 1. The molecule has 0 radical (unpaired) electrons. The topological polar surface area (TPSA) is 80.0 Å². The fraction of sp³-hybridized carbons (Fsp3) is 0.250. The number of aromatic nitrogens is 3. The van der Waals surface area contributed by atoms with Gasteiger partial charge in [-0.25, -0.2) is 9.78 Å². The minimum Gasteiger partial charge on any atom is -0.478 e. The number of carboxylic acid groups (broad SMARTS) is 1. The lowest BCUT2D eigenvalue weighted by Crippen LogP contribution is -2.08. The number of carbonyl (C=O) groups is 1. The number of rotatable bonds is 5. The first kappa shape index (κ1) is 12.1. The van der Waals surface area contributed by atoms with Gasteiger partial charge in [0, 0.05) is 32.4 Å². The number of nitrogens with zero attached hydrogens (tertiary/aromatic N) is 3. The minimum absolute atomic E-state index is 0.227. The largest absolute Gasteiger partial charge is 0.478 e. The Bertz CT molecular complexity index is 551. The minimum atomic E-state index is -0.954. The first-order chi connectivity index (χ1) is 8.65. The van der Waals surface area contributed by atoms with Crippen molar-refractivity contribution in [1.82, 2.24) is 14.8 Å². The lowest BCUT2D eigenvalue weighted by atomic mass is 10.2. The Labute approximate surface area is 104 Å². The molecule has 0 aliphatic carbocycles. The lowest BCUT2D eigenvalue weighted by molar-refractivity contribution is 0.0697. The maximum atomic E-state index is 10.8. The van der Waals surface area contributed by atoms with Gasteiger partial charge in [-0.2, -0.15) is 5.10 Å². The third-order valence-electron chi connectivity index (χ3n) is 2.46. The van der Waals surface area contributed by atoms with Gasteiger partial charge in [0.1, 0.15) is 5.82 Å². The summed E-state index contributed by atoms with van der Waals surface area (Å²) in [5.41, 5.74) is 1.21. The Morgan fingerprint density at radius 1 is 1.50 bits per heavy atom. The van der Waals surface area contributed by atoms with Gasteiger partial charge in [-0.15, -0.1) is 0 Å². The number of aryl methyl sites for hydroxylation is 1. The zero-order valence-corrected chi connectivity index (χ0v) is 10.00. The Morgan fingerprint density at radius 3 is 3.00 bits per heavy atom. The summed E-state index contributed by atoms with van der Waals surface area (Å²) in [6.45, 7) is 0.660. The van der Waals surface area contributed by atoms with Gasteiger partial charge >= 0.3 is 5.97 Å². The van der Waals surface area contributed by atoms with Gasteiger partial charge < -0.3 is 10.4 Å². The average molecular weight is 246 g/mol. The van der Waals surface area contributed by atoms with E-state index >= 15 is 0 Å². The quantitative estimate of drug-likeness (QED) is 0.827. The molecule has 0 saturated heterocycles. The number of anilines is 1. The third-order valence-corrected chi connectivity index (χ3v) is 2.46. The van der Waals surface area contributed by atoms with Gasteiger partial charge in [0.25, 0.3) is 0 Å². The number of hydrogen-bond donors (Lipinski definition) is 2. The molecule has 0 atom stereocenters. The van der Waals surface area contributed by atoms with Gasteiger partial charge in [0.05, 0.1) is 11.3 Å². The maximum Gasteiger partial charge on any atom is 0.335 e. The predicted octanol–water partition coefficient (Wildman–Crippen LogP) is 1.17. The molecule has 94 valence electrons. The average Bonchev–Trinajstić information content (AvgIpc) is 2.75. The summed E-state index contributed by atoms with van der Waals surface area (Å²) in [5, 5.41) is 16.2. The first-order valence-corrected chi connectivity index (χ1v) is 5.57. The molecular weight excluding hydrogens is 232 g/mol. The maximum absolute atomic E-state index is 10.8. The van der Waals surface area contributed by atoms with Crippen LogP contribution < -0.4 is 5.32 Å². The first-order valence-electron chi connectivity index (χ1n) is 5.57. The van der Waals surface area contributed by atoms with Crippen LogP contribution in [0.15, 0.2) is 30.6 Å². The highest BCUT2D eigenvalue weighted by atomic mass is 16.4. The normalized spacial score (nSPS) is 10.3. The van der Waals surface area contributed by atoms with Gasteiger partial charge in [-0.1, -0.05) is 0 Å². The molecule has 6 heteroatoms. The van der Waals surface area contributed by atoms with Crippen molar-refractivity contribution in [2.24, 2.45) is 7.05 Å². The molecule has 0 unspecified atom stereocenters. The van der Waals surface area contributed by atoms with E-state index in [1.165, 1.54) is 18.3 Å². The molecule has 0 spiro atoms. The van der Waals surface area contributed by atoms with Crippen LogP contribution in [-0.2, 0) is 13.5 Å². The van der Waals surface area contributed by atoms with E-state index in [4.69, 9.17) is 5.11 Å². The molecule has 0 fully saturated rings. The van der Waals surface area contributed by atoms with E-state index in [0.29, 0.717) is 12.4 Å². The third kappa shape index (κ3) is 3.07. The highest BCUT2D eigenvalue weighted by Crippen LogP contribution is 2.07. The molecule has 2 aromatic rings. The number of pyridine rings is 1. The second-order valence-electron chi connectivity index (χ2n) is 3.89. The zero-order chi connectivity index (χ0) is 13.0. The molecule has 0 aromatic carbocycles. The molecule has 0 aliphatic heterocycles. The summed E-state index contributed by atoms with van der Waals surface area (Å²) in [4.78, 5) is 14.8. The van der Waals surface area contributed by atoms with Crippen LogP contribution in [0.25, 0.3) is 0 Å². The van der Waals surface area contributed by atoms with Gasteiger partial charge in [-0.05, 0) is 18.2 Å². The Balaban J connectivity index is 1.90. The highest BCUT2D eigenvalue weighted by Gasteiger charge is 2.04. The SMILES string of the molecule is Cn1ccc(CCNc2cc(C(=O)O)ccn2)n1. The molecule has 0 bridgehead atoms. The van der Waals surface area contributed by atoms with Crippen LogP contribution in [0.3, 0.4) is 0 Å². The summed E-state index contributed by atoms with van der Waals surface area (Å²) < 4.78 is 1.75. The summed E-state index contributed by atoms with van der Waals surface area (Å²) in [5.74, 6) is -0.393. The molecule has 18 heavy (non-hydrogen) atoms. The van der Waals surface area contributed by atoms with Crippen molar-refractivity contribution in [2.75, 3.05) is 11.9 Å². The molecule has 2 heterocycles. The molecule has 0 saturated carbocycles. The second kappa shape index (κ2) is 5.31. The van der Waals surface area contributed by atoms with Gasteiger partial charge in [0.2, 0.25) is 0 Å². The molecule has 2 aromatic heterocycles. The van der Waals surface area contributed by atoms with Crippen LogP contribution in [-0.4, -0.2) is 32.4 Å². The highest BCUT2D eigenvalue weighted by molar-refractivity contribution is 5.88. The summed E-state index contributed by atoms with van der Waals surface area (Å²) in [6, 6.07) is 4.93. The lowest BCUT2D eigenvalue weighted by Gasteiger charge is -2.04. The van der Waals surface area contributed by atoms with E-state index in [9.17, 15) is 4.79 Å². The molecule has 2 N–H and O–H groups in total. The van der Waals surface area contributed by atoms with Crippen molar-refractivity contribution in [3.05, 3.63) is 41.9 Å². The fourth-order valence-electron chi connectivity index (χ4n) is 1.58. The van der Waals surface area contributed by atoms with Crippen molar-refractivity contribution in [2.45, 2.75) is 6.42 Å². The molecule has 2 rings (SSSR count). The van der Waals surface area contributed by atoms with Crippen molar-refractivity contribution in [3.8, 4) is 0 Å². The molecule has 0 amide bonds. The summed E-state index contributed by atoms with van der Waals surface area (Å²) in [7, 11) is 1.87. The van der Waals surface area contributed by atoms with Crippen molar-refractivity contribution in [1.29, 1.82) is 0 Å². The van der Waals surface area contributed by atoms with E-state index in [-0.39, 0.29) is 5.56 Å². The van der Waals surface area contributed by atoms with Crippen LogP contribution in [0.4, 0.5) is 5.82 Å². The van der Waals surface area contributed by atoms with Gasteiger partial charge in [0.15, 0.2) is 0 Å². The molecular formula is C12H14N4O2. The standard InChI is InChI=1S/C12H14N4O2/c1-16-7-4-10(15-16)3-6-14-11-8-9(12(17)18)2-5-13-11/h2,4-5,7-8H,3,6H2,1H3,(H,13,14)(H,17,18). The van der Waals surface area contributed by atoms with Crippen LogP contribution in [0.5, 0.6) is 0 Å². The number of nitrogens with one attached hydrogen (secondary N) is 1. The molecule has 0 aliphatic rings. The monoisotopic (exact) mass is 246 g/mol. The number of aromatic carboxylic acids is 1. The van der Waals surface area contributed by atoms with Crippen molar-refractivity contribution in [3.63, 3.8) is 0 Å². The number of hydrogen-bond acceptors (Lipinski definition) is 4. The van der Waals surface area contributed by atoms with E-state index in [2.05, 4.69) is 15.4 Å². The van der Waals surface area contributed by atoms with Crippen molar-refractivity contribution >= 4 is 11.8 Å². The Kier molecular flexibility index (Phi) is 3.57. The van der Waals surface area contributed by atoms with Gasteiger partial charge in [-0.3, -0.25) is 4.68 Å².